The molecule has 1 unspecified atom stereocenters. The van der Waals surface area contributed by atoms with Crippen LogP contribution in [0.2, 0.25) is 0 Å². The van der Waals surface area contributed by atoms with Gasteiger partial charge in [0.1, 0.15) is 30.7 Å². The molecule has 0 bridgehead atoms. The van der Waals surface area contributed by atoms with Crippen molar-refractivity contribution in [2.75, 3.05) is 19.8 Å². The van der Waals surface area contributed by atoms with Crippen LogP contribution in [-0.2, 0) is 20.9 Å². The van der Waals surface area contributed by atoms with E-state index in [4.69, 9.17) is 4.74 Å². The van der Waals surface area contributed by atoms with Crippen LogP contribution in [0.5, 0.6) is 5.88 Å². The van der Waals surface area contributed by atoms with Crippen molar-refractivity contribution in [2.45, 2.75) is 39.0 Å². The number of benzene rings is 1. The minimum Gasteiger partial charge on any atom is -0.475 e. The molecule has 1 aliphatic heterocycles. The van der Waals surface area contributed by atoms with Crippen molar-refractivity contribution in [2.24, 2.45) is 10.9 Å². The van der Waals surface area contributed by atoms with Gasteiger partial charge in [-0.15, -0.1) is 0 Å². The molecule has 200 valence electrons. The summed E-state index contributed by atoms with van der Waals surface area (Å²) >= 11 is 0. The molecule has 0 spiro atoms. The number of nitrogens with zero attached hydrogens (tertiary/aromatic N) is 2. The molecule has 2 amide bonds. The maximum atomic E-state index is 15.2. The molecule has 0 radical (unpaired) electrons. The number of rotatable bonds is 10. The number of carbonyl (C=O) groups excluding carboxylic acids is 2. The Bertz CT molecular complexity index is 1150. The van der Waals surface area contributed by atoms with Gasteiger partial charge in [0.25, 0.3) is 0 Å². The van der Waals surface area contributed by atoms with Gasteiger partial charge in [-0.2, -0.15) is 13.2 Å². The Balaban J connectivity index is 1.72. The summed E-state index contributed by atoms with van der Waals surface area (Å²) in [6, 6.07) is 4.39. The van der Waals surface area contributed by atoms with Crippen LogP contribution in [0.3, 0.4) is 0 Å². The Morgan fingerprint density at radius 2 is 1.95 bits per heavy atom. The van der Waals surface area contributed by atoms with Crippen molar-refractivity contribution in [3.63, 3.8) is 0 Å². The lowest BCUT2D eigenvalue weighted by Gasteiger charge is -2.22. The Kier molecular flexibility index (Phi) is 9.14. The number of hydrogen-bond acceptors (Lipinski definition) is 6. The number of aliphatic imine (C=N–C) groups is 1. The number of nitrogens with one attached hydrogen (secondary N) is 2. The Morgan fingerprint density at radius 3 is 2.59 bits per heavy atom. The summed E-state index contributed by atoms with van der Waals surface area (Å²) in [4.78, 5) is 32.5. The van der Waals surface area contributed by atoms with E-state index in [9.17, 15) is 27.2 Å². The van der Waals surface area contributed by atoms with Crippen LogP contribution in [0.1, 0.15) is 43.0 Å². The fourth-order valence-electron chi connectivity index (χ4n) is 3.31. The van der Waals surface area contributed by atoms with Gasteiger partial charge in [0, 0.05) is 30.3 Å². The molecule has 1 aromatic carbocycles. The molecule has 3 rings (SSSR count). The zero-order chi connectivity index (χ0) is 27.2. The van der Waals surface area contributed by atoms with Crippen molar-refractivity contribution in [3.8, 4) is 5.88 Å². The maximum absolute atomic E-state index is 15.2. The van der Waals surface area contributed by atoms with Gasteiger partial charge >= 0.3 is 6.18 Å². The second-order valence-corrected chi connectivity index (χ2v) is 8.46. The summed E-state index contributed by atoms with van der Waals surface area (Å²) in [5, 5.41) is 4.95. The van der Waals surface area contributed by atoms with Gasteiger partial charge in [-0.1, -0.05) is 19.9 Å². The SMILES string of the molecule is CC(C)C(=O)NCc1ccc(F)c(C2=NC(c3ccc(OCCOCC(F)(F)F)nc3)CC(=O)N2)c1F. The van der Waals surface area contributed by atoms with Gasteiger partial charge in [0.2, 0.25) is 17.7 Å². The molecule has 0 aliphatic carbocycles. The second-order valence-electron chi connectivity index (χ2n) is 8.46. The quantitative estimate of drug-likeness (QED) is 0.363. The summed E-state index contributed by atoms with van der Waals surface area (Å²) in [5.74, 6) is -3.23. The number of amidine groups is 1. The van der Waals surface area contributed by atoms with Crippen LogP contribution in [-0.4, -0.2) is 48.6 Å². The normalized spacial score (nSPS) is 15.8. The van der Waals surface area contributed by atoms with Gasteiger partial charge in [-0.05, 0) is 17.7 Å². The first-order valence-corrected chi connectivity index (χ1v) is 11.3. The maximum Gasteiger partial charge on any atom is 0.411 e. The molecule has 0 saturated carbocycles. The van der Waals surface area contributed by atoms with Gasteiger partial charge < -0.3 is 20.1 Å². The summed E-state index contributed by atoms with van der Waals surface area (Å²) in [6.07, 6.45) is -3.19. The van der Waals surface area contributed by atoms with Gasteiger partial charge in [-0.25, -0.2) is 13.8 Å². The molecule has 0 saturated heterocycles. The average Bonchev–Trinajstić information content (AvgIpc) is 2.82. The predicted octanol–water partition coefficient (Wildman–Crippen LogP) is 3.60. The Labute approximate surface area is 209 Å². The van der Waals surface area contributed by atoms with Crippen LogP contribution < -0.4 is 15.4 Å². The summed E-state index contributed by atoms with van der Waals surface area (Å²) in [5.41, 5.74) is -0.0536. The standard InChI is InChI=1S/C24H25F5N4O4/c1-13(2)23(35)31-11-15-3-5-16(25)20(21(15)26)22-32-17(9-18(34)33-22)14-4-6-19(30-10-14)37-8-7-36-12-24(27,28)29/h3-6,10,13,17H,7-9,11-12H2,1-2H3,(H,31,35)(H,32,33,34). The van der Waals surface area contributed by atoms with Gasteiger partial charge in [-0.3, -0.25) is 14.6 Å². The number of hydrogen-bond donors (Lipinski definition) is 2. The van der Waals surface area contributed by atoms with E-state index in [0.717, 1.165) is 6.07 Å². The lowest BCUT2D eigenvalue weighted by Crippen LogP contribution is -2.38. The number of pyridine rings is 1. The summed E-state index contributed by atoms with van der Waals surface area (Å²) in [6.45, 7) is 1.33. The molecular formula is C24H25F5N4O4. The fourth-order valence-corrected chi connectivity index (χ4v) is 3.31. The first kappa shape index (κ1) is 28.0. The highest BCUT2D eigenvalue weighted by molar-refractivity contribution is 6.10. The second kappa shape index (κ2) is 12.1. The molecule has 2 aromatic rings. The van der Waals surface area contributed by atoms with Crippen LogP contribution >= 0.6 is 0 Å². The first-order valence-electron chi connectivity index (χ1n) is 11.3. The van der Waals surface area contributed by atoms with Crippen LogP contribution in [0, 0.1) is 17.6 Å². The Hall–Kier alpha value is -3.61. The number of alkyl halides is 3. The third kappa shape index (κ3) is 7.94. The van der Waals surface area contributed by atoms with Crippen molar-refractivity contribution in [3.05, 3.63) is 58.8 Å². The lowest BCUT2D eigenvalue weighted by molar-refractivity contribution is -0.175. The number of carbonyl (C=O) groups is 2. The minimum absolute atomic E-state index is 0.0202. The molecule has 1 aliphatic rings. The molecule has 2 N–H and O–H groups in total. The van der Waals surface area contributed by atoms with E-state index in [1.807, 2.05) is 0 Å². The van der Waals surface area contributed by atoms with E-state index in [-0.39, 0.29) is 55.3 Å². The van der Waals surface area contributed by atoms with Crippen molar-refractivity contribution in [1.82, 2.24) is 15.6 Å². The first-order chi connectivity index (χ1) is 17.4. The topological polar surface area (TPSA) is 102 Å². The van der Waals surface area contributed by atoms with Gasteiger partial charge in [0.05, 0.1) is 24.6 Å². The zero-order valence-corrected chi connectivity index (χ0v) is 20.0. The monoisotopic (exact) mass is 528 g/mol. The van der Waals surface area contributed by atoms with Crippen molar-refractivity contribution >= 4 is 17.6 Å². The average molecular weight is 528 g/mol. The third-order valence-electron chi connectivity index (χ3n) is 5.19. The molecule has 8 nitrogen and oxygen atoms in total. The summed E-state index contributed by atoms with van der Waals surface area (Å²) < 4.78 is 75.7. The fraction of sp³-hybridized carbons (Fsp3) is 0.417. The zero-order valence-electron chi connectivity index (χ0n) is 20.0. The number of amides is 2. The molecule has 37 heavy (non-hydrogen) atoms. The van der Waals surface area contributed by atoms with Crippen molar-refractivity contribution in [1.29, 1.82) is 0 Å². The minimum atomic E-state index is -4.43. The highest BCUT2D eigenvalue weighted by Crippen LogP contribution is 2.27. The Morgan fingerprint density at radius 1 is 1.19 bits per heavy atom. The molecular weight excluding hydrogens is 503 g/mol. The van der Waals surface area contributed by atoms with Crippen LogP contribution in [0.15, 0.2) is 35.5 Å². The highest BCUT2D eigenvalue weighted by Gasteiger charge is 2.29. The lowest BCUT2D eigenvalue weighted by atomic mass is 10.0. The van der Waals surface area contributed by atoms with E-state index >= 15 is 4.39 Å². The molecule has 1 atom stereocenters. The third-order valence-corrected chi connectivity index (χ3v) is 5.19. The van der Waals surface area contributed by atoms with E-state index in [1.54, 1.807) is 13.8 Å². The molecule has 0 fully saturated rings. The largest absolute Gasteiger partial charge is 0.475 e. The molecule has 2 heterocycles. The predicted molar refractivity (Wildman–Crippen MR) is 122 cm³/mol. The number of halogens is 5. The number of ether oxygens (including phenoxy) is 2. The summed E-state index contributed by atoms with van der Waals surface area (Å²) in [7, 11) is 0. The van der Waals surface area contributed by atoms with Crippen LogP contribution in [0.25, 0.3) is 0 Å². The highest BCUT2D eigenvalue weighted by atomic mass is 19.4. The number of aromatic nitrogens is 1. The van der Waals surface area contributed by atoms with Crippen molar-refractivity contribution < 1.29 is 41.0 Å². The van der Waals surface area contributed by atoms with E-state index < -0.39 is 41.9 Å². The van der Waals surface area contributed by atoms with Crippen LogP contribution in [0.4, 0.5) is 22.0 Å². The molecule has 13 heteroatoms. The van der Waals surface area contributed by atoms with E-state index in [2.05, 4.69) is 25.3 Å². The van der Waals surface area contributed by atoms with E-state index in [0.29, 0.717) is 5.56 Å². The van der Waals surface area contributed by atoms with E-state index in [1.165, 1.54) is 24.4 Å². The van der Waals surface area contributed by atoms with Gasteiger partial charge in [0.15, 0.2) is 0 Å². The molecule has 1 aromatic heterocycles. The smallest absolute Gasteiger partial charge is 0.411 e.